The second-order valence-corrected chi connectivity index (χ2v) is 7.95. The maximum Gasteiger partial charge on any atom is 0.141 e. The van der Waals surface area contributed by atoms with Gasteiger partial charge in [0.1, 0.15) is 12.1 Å². The van der Waals surface area contributed by atoms with Gasteiger partial charge in [-0.1, -0.05) is 32.1 Å². The summed E-state index contributed by atoms with van der Waals surface area (Å²) >= 11 is 0. The molecule has 3 fully saturated rings. The lowest BCUT2D eigenvalue weighted by Crippen LogP contribution is -2.59. The summed E-state index contributed by atoms with van der Waals surface area (Å²) in [5.41, 5.74) is 0.0198. The summed E-state index contributed by atoms with van der Waals surface area (Å²) in [7, 11) is 0. The minimum absolute atomic E-state index is 0.150. The maximum atomic E-state index is 11.8. The average Bonchev–Trinajstić information content (AvgIpc) is 2.99. The molecular formula is C19H31N5O. The molecule has 5 atom stereocenters. The van der Waals surface area contributed by atoms with E-state index in [0.29, 0.717) is 6.04 Å². The number of nitrogens with zero attached hydrogens (tertiary/aromatic N) is 2. The second-order valence-electron chi connectivity index (χ2n) is 7.95. The van der Waals surface area contributed by atoms with Crippen LogP contribution in [-0.4, -0.2) is 39.6 Å². The van der Waals surface area contributed by atoms with Crippen LogP contribution in [0.25, 0.3) is 0 Å². The quantitative estimate of drug-likeness (QED) is 0.622. The van der Waals surface area contributed by atoms with Crippen LogP contribution in [0.5, 0.6) is 0 Å². The van der Waals surface area contributed by atoms with Crippen LogP contribution in [0.4, 0.5) is 0 Å². The van der Waals surface area contributed by atoms with Crippen molar-refractivity contribution >= 4 is 0 Å². The highest BCUT2D eigenvalue weighted by atomic mass is 16.3. The standard InChI is InChI=1S/C19H31N5O/c25-19-15-7-4-5-8-16(15)22-10-6-2-1-3-9-17(24-19)23-18(19)14-11-20-13-21-12-14/h11-13,15-18,22-25H,1-10H2. The molecule has 1 aromatic rings. The van der Waals surface area contributed by atoms with Gasteiger partial charge in [0.2, 0.25) is 0 Å². The molecule has 5 unspecified atom stereocenters. The highest BCUT2D eigenvalue weighted by Crippen LogP contribution is 2.42. The lowest BCUT2D eigenvalue weighted by molar-refractivity contribution is -0.0772. The third kappa shape index (κ3) is 3.58. The van der Waals surface area contributed by atoms with E-state index >= 15 is 0 Å². The maximum absolute atomic E-state index is 11.8. The Hall–Kier alpha value is -1.08. The van der Waals surface area contributed by atoms with Crippen molar-refractivity contribution in [1.29, 1.82) is 0 Å². The molecule has 4 rings (SSSR count). The molecule has 0 aromatic carbocycles. The molecule has 6 nitrogen and oxygen atoms in total. The zero-order chi connectivity index (χ0) is 17.1. The summed E-state index contributed by atoms with van der Waals surface area (Å²) in [6.07, 6.45) is 16.0. The van der Waals surface area contributed by atoms with Gasteiger partial charge >= 0.3 is 0 Å². The summed E-state index contributed by atoms with van der Waals surface area (Å²) in [5.74, 6) is 0.198. The Balaban J connectivity index is 1.66. The molecule has 2 bridgehead atoms. The lowest BCUT2D eigenvalue weighted by Gasteiger charge is -2.44. The van der Waals surface area contributed by atoms with Crippen molar-refractivity contribution in [3.63, 3.8) is 0 Å². The SMILES string of the molecule is OC12NC(CCCCCCNC3CCCCC31)NC2c1cncnc1. The largest absolute Gasteiger partial charge is 0.373 e. The van der Waals surface area contributed by atoms with Gasteiger partial charge in [0.15, 0.2) is 0 Å². The number of fused-ring (bicyclic) bond motifs is 4. The lowest BCUT2D eigenvalue weighted by atomic mass is 9.74. The van der Waals surface area contributed by atoms with Gasteiger partial charge in [0, 0.05) is 29.9 Å². The van der Waals surface area contributed by atoms with E-state index in [4.69, 9.17) is 0 Å². The van der Waals surface area contributed by atoms with Crippen molar-refractivity contribution in [2.45, 2.75) is 81.8 Å². The Labute approximate surface area is 150 Å². The van der Waals surface area contributed by atoms with Crippen molar-refractivity contribution in [3.8, 4) is 0 Å². The van der Waals surface area contributed by atoms with E-state index in [1.807, 2.05) is 12.4 Å². The summed E-state index contributed by atoms with van der Waals surface area (Å²) in [6.45, 7) is 1.06. The number of aromatic nitrogens is 2. The first kappa shape index (κ1) is 17.3. The van der Waals surface area contributed by atoms with Crippen LogP contribution in [0.3, 0.4) is 0 Å². The summed E-state index contributed by atoms with van der Waals surface area (Å²) in [5, 5.41) is 22.8. The average molecular weight is 345 g/mol. The van der Waals surface area contributed by atoms with Gasteiger partial charge in [-0.2, -0.15) is 0 Å². The number of hydrogen-bond donors (Lipinski definition) is 4. The van der Waals surface area contributed by atoms with Crippen LogP contribution in [0.1, 0.15) is 69.4 Å². The molecular weight excluding hydrogens is 314 g/mol. The van der Waals surface area contributed by atoms with E-state index in [2.05, 4.69) is 25.9 Å². The van der Waals surface area contributed by atoms with E-state index in [0.717, 1.165) is 31.4 Å². The van der Waals surface area contributed by atoms with E-state index < -0.39 is 5.72 Å². The number of nitrogens with one attached hydrogen (secondary N) is 3. The molecule has 2 saturated heterocycles. The van der Waals surface area contributed by atoms with Crippen molar-refractivity contribution in [3.05, 3.63) is 24.3 Å². The molecule has 1 saturated carbocycles. The highest BCUT2D eigenvalue weighted by Gasteiger charge is 2.53. The molecule has 1 aliphatic carbocycles. The Morgan fingerprint density at radius 1 is 0.960 bits per heavy atom. The zero-order valence-electron chi connectivity index (χ0n) is 15.0. The van der Waals surface area contributed by atoms with E-state index in [1.54, 1.807) is 6.33 Å². The van der Waals surface area contributed by atoms with Crippen LogP contribution < -0.4 is 16.0 Å². The fraction of sp³-hybridized carbons (Fsp3) is 0.789. The molecule has 3 aliphatic rings. The number of rotatable bonds is 1. The number of hydrogen-bond acceptors (Lipinski definition) is 6. The van der Waals surface area contributed by atoms with Gasteiger partial charge in [0.25, 0.3) is 0 Å². The minimum atomic E-state index is -0.952. The number of aliphatic hydroxyl groups is 1. The van der Waals surface area contributed by atoms with Gasteiger partial charge in [-0.25, -0.2) is 9.97 Å². The van der Waals surface area contributed by atoms with Gasteiger partial charge < -0.3 is 10.4 Å². The zero-order valence-corrected chi connectivity index (χ0v) is 15.0. The summed E-state index contributed by atoms with van der Waals surface area (Å²) in [4.78, 5) is 8.37. The normalized spacial score (nSPS) is 39.9. The van der Waals surface area contributed by atoms with Crippen LogP contribution in [0.2, 0.25) is 0 Å². The smallest absolute Gasteiger partial charge is 0.141 e. The molecule has 3 heterocycles. The Morgan fingerprint density at radius 3 is 2.60 bits per heavy atom. The predicted octanol–water partition coefficient (Wildman–Crippen LogP) is 1.84. The van der Waals surface area contributed by atoms with Gasteiger partial charge in [-0.15, -0.1) is 0 Å². The molecule has 6 heteroatoms. The molecule has 1 aromatic heterocycles. The van der Waals surface area contributed by atoms with E-state index in [-0.39, 0.29) is 18.1 Å². The third-order valence-corrected chi connectivity index (χ3v) is 6.28. The molecule has 25 heavy (non-hydrogen) atoms. The van der Waals surface area contributed by atoms with Crippen molar-refractivity contribution in [1.82, 2.24) is 25.9 Å². The molecule has 4 N–H and O–H groups in total. The van der Waals surface area contributed by atoms with Crippen LogP contribution >= 0.6 is 0 Å². The Bertz CT molecular complexity index is 556. The van der Waals surface area contributed by atoms with Gasteiger partial charge in [-0.3, -0.25) is 10.6 Å². The molecule has 0 spiro atoms. The monoisotopic (exact) mass is 345 g/mol. The third-order valence-electron chi connectivity index (χ3n) is 6.28. The van der Waals surface area contributed by atoms with Gasteiger partial charge in [-0.05, 0) is 32.2 Å². The van der Waals surface area contributed by atoms with E-state index in [9.17, 15) is 5.11 Å². The molecule has 138 valence electrons. The predicted molar refractivity (Wildman–Crippen MR) is 96.6 cm³/mol. The van der Waals surface area contributed by atoms with Crippen molar-refractivity contribution < 1.29 is 5.11 Å². The van der Waals surface area contributed by atoms with Crippen molar-refractivity contribution in [2.75, 3.05) is 6.54 Å². The fourth-order valence-electron chi connectivity index (χ4n) is 5.04. The first-order valence-electron chi connectivity index (χ1n) is 10.0. The summed E-state index contributed by atoms with van der Waals surface area (Å²) < 4.78 is 0. The highest BCUT2D eigenvalue weighted by molar-refractivity contribution is 5.20. The fourth-order valence-corrected chi connectivity index (χ4v) is 5.04. The van der Waals surface area contributed by atoms with E-state index in [1.165, 1.54) is 38.5 Å². The Kier molecular flexibility index (Phi) is 5.31. The molecule has 0 amide bonds. The van der Waals surface area contributed by atoms with Crippen LogP contribution in [0.15, 0.2) is 18.7 Å². The Morgan fingerprint density at radius 2 is 1.72 bits per heavy atom. The molecule has 0 radical (unpaired) electrons. The topological polar surface area (TPSA) is 82.1 Å². The molecule has 2 aliphatic heterocycles. The minimum Gasteiger partial charge on any atom is -0.373 e. The first-order valence-corrected chi connectivity index (χ1v) is 10.0. The summed E-state index contributed by atoms with van der Waals surface area (Å²) in [6, 6.07) is 0.213. The van der Waals surface area contributed by atoms with Crippen LogP contribution in [0, 0.1) is 5.92 Å². The van der Waals surface area contributed by atoms with Crippen LogP contribution in [-0.2, 0) is 0 Å². The first-order chi connectivity index (χ1) is 12.3. The second kappa shape index (κ2) is 7.66. The van der Waals surface area contributed by atoms with Gasteiger partial charge in [0.05, 0.1) is 12.2 Å². The van der Waals surface area contributed by atoms with Crippen molar-refractivity contribution in [2.24, 2.45) is 5.92 Å².